The summed E-state index contributed by atoms with van der Waals surface area (Å²) in [5.74, 6) is 4.25. The Labute approximate surface area is 791 Å². The number of rotatable bonds is 20. The number of nitrogens with zero attached hydrogens (tertiary/aromatic N) is 20. The molecule has 1 atom stereocenters. The van der Waals surface area contributed by atoms with Crippen molar-refractivity contribution in [1.29, 1.82) is 0 Å². The van der Waals surface area contributed by atoms with Gasteiger partial charge in [0.1, 0.15) is 77.6 Å². The van der Waals surface area contributed by atoms with Gasteiger partial charge in [0.05, 0.1) is 108 Å². The molecule has 8 aromatic heterocycles. The van der Waals surface area contributed by atoms with Crippen LogP contribution in [0.25, 0.3) is 45.0 Å². The van der Waals surface area contributed by atoms with Gasteiger partial charge in [-0.15, -0.1) is 6.42 Å². The molecule has 0 saturated carbocycles. The van der Waals surface area contributed by atoms with Crippen LogP contribution < -0.4 is 48.0 Å². The van der Waals surface area contributed by atoms with Crippen LogP contribution in [0, 0.1) is 46.0 Å². The highest BCUT2D eigenvalue weighted by atomic mass is 35.5. The zero-order chi connectivity index (χ0) is 92.9. The number of carbonyl (C=O) groups excluding carboxylic acids is 4. The summed E-state index contributed by atoms with van der Waals surface area (Å²) in [6.45, 7) is 19.4. The van der Waals surface area contributed by atoms with Gasteiger partial charge in [-0.25, -0.2) is 9.97 Å². The lowest BCUT2D eigenvalue weighted by atomic mass is 10.1. The number of hydrogen-bond donors (Lipinski definition) is 2. The van der Waals surface area contributed by atoms with Crippen molar-refractivity contribution in [3.8, 4) is 80.4 Å². The monoisotopic (exact) mass is 1930 g/mol. The van der Waals surface area contributed by atoms with E-state index in [2.05, 4.69) is 55.9 Å². The standard InChI is InChI=1S/C24H23Cl2N5O2.C23H26Cl2N5O3.C22H22Cl2FN5O2.C22H24Cl2N5O3/c1-4-18-6-5-17(14-27-18)24-23(26)16(2)31(28-24)15-22(32)30-11-9-29(10-12-30)19-7-8-20(25)21(13-19)33-3;1-15-12-27(18-6-7-19(24)20(11-18)33-3)9-10-29(15)21(31)14-30-16(2)22(25)23(26-30)17-5-4-8-28(32)13-17;1-14-20(24)21(16-4-3-7-26-22(16)25)27-30(14)13-19(31)29-10-8-28(9-11-29)15-5-6-17(23)18(12-15)32-2;1-15-21(24)22(16-4-3-7-28(31)13-16)25-29(15)14-20(30)27-10-8-26(9-11-27)17-5-6-18(23)19(12-17)32-2/h1,5-8,13-14H,9-12,15H2,2-3H3;4-8,11,13,15,32H,9-10,12,14H2,1-3H3;3-7,12H,8-11,13H2,1-2H3;3-7,12-13,31H,8-11,14H2,1-2H3/q;+1;;+1/t;15-;;/m.0../s1. The lowest BCUT2D eigenvalue weighted by Crippen LogP contribution is -2.54. The number of aromatic nitrogens is 12. The van der Waals surface area contributed by atoms with Gasteiger partial charge >= 0.3 is 0 Å². The molecule has 16 rings (SSSR count). The Morgan fingerprint density at radius 2 is 0.769 bits per heavy atom. The quantitative estimate of drug-likeness (QED) is 0.0310. The zero-order valence-electron chi connectivity index (χ0n) is 72.6. The Morgan fingerprint density at radius 1 is 0.431 bits per heavy atom. The van der Waals surface area contributed by atoms with E-state index in [4.69, 9.17) is 118 Å². The van der Waals surface area contributed by atoms with Crippen LogP contribution in [0.3, 0.4) is 0 Å². The molecule has 0 unspecified atom stereocenters. The smallest absolute Gasteiger partial charge is 0.244 e. The molecule has 4 aliphatic rings. The summed E-state index contributed by atoms with van der Waals surface area (Å²) in [5, 5.41) is 41.4. The molecule has 0 spiro atoms. The average molecular weight is 1930 g/mol. The fraction of sp³-hybridized carbons (Fsp3) is 0.319. The maximum atomic E-state index is 14.1. The molecule has 39 heteroatoms. The van der Waals surface area contributed by atoms with Gasteiger partial charge < -0.3 is 58.1 Å². The van der Waals surface area contributed by atoms with Crippen LogP contribution in [0.4, 0.5) is 27.1 Å². The molecule has 4 saturated heterocycles. The first-order chi connectivity index (χ1) is 62.4. The van der Waals surface area contributed by atoms with Gasteiger partial charge in [0, 0.05) is 191 Å². The second kappa shape index (κ2) is 43.2. The SMILES string of the molecule is C#Cc1ccc(-c2nn(CC(=O)N3CCN(c4ccc(Cl)c(OC)c4)CC3)c(C)c2Cl)cn1.COc1cc(N2CCN(C(=O)Cn3nc(-c4ccc[n+](O)c4)c(Cl)c3C)CC2)ccc1Cl.COc1cc(N2CCN(C(=O)Cn3nc(-c4ccc[n+](O)c4)c(Cl)c3C)[C@@H](C)C2)ccc1Cl.COc1cc(N2CCN(C(=O)Cn3nc(-c4cccnc4F)c(Cl)c3C)CC2)ccc1Cl. The van der Waals surface area contributed by atoms with E-state index in [1.54, 1.807) is 109 Å². The van der Waals surface area contributed by atoms with Crippen molar-refractivity contribution >= 4 is 139 Å². The highest BCUT2D eigenvalue weighted by molar-refractivity contribution is 6.36. The number of ether oxygens (including phenoxy) is 4. The maximum absolute atomic E-state index is 14.1. The van der Waals surface area contributed by atoms with Gasteiger partial charge in [0.25, 0.3) is 0 Å². The number of pyridine rings is 4. The zero-order valence-corrected chi connectivity index (χ0v) is 78.7. The summed E-state index contributed by atoms with van der Waals surface area (Å²) in [5.41, 5.74) is 11.5. The van der Waals surface area contributed by atoms with E-state index < -0.39 is 5.95 Å². The van der Waals surface area contributed by atoms with E-state index in [1.165, 1.54) is 35.7 Å². The van der Waals surface area contributed by atoms with Crippen LogP contribution in [-0.4, -0.2) is 235 Å². The lowest BCUT2D eigenvalue weighted by Gasteiger charge is -2.41. The van der Waals surface area contributed by atoms with Crippen molar-refractivity contribution in [3.63, 3.8) is 0 Å². The first kappa shape index (κ1) is 95.6. The fourth-order valence-electron chi connectivity index (χ4n) is 15.3. The minimum atomic E-state index is -0.652. The predicted octanol–water partition coefficient (Wildman–Crippen LogP) is 14.4. The van der Waals surface area contributed by atoms with Crippen LogP contribution in [0.2, 0.25) is 40.2 Å². The van der Waals surface area contributed by atoms with Crippen molar-refractivity contribution < 1.29 is 62.4 Å². The summed E-state index contributed by atoms with van der Waals surface area (Å²) in [6, 6.07) is 36.5. The van der Waals surface area contributed by atoms with E-state index in [9.17, 15) is 34.0 Å². The van der Waals surface area contributed by atoms with E-state index in [0.717, 1.165) is 43.5 Å². The number of anilines is 4. The first-order valence-corrected chi connectivity index (χ1v) is 44.3. The van der Waals surface area contributed by atoms with E-state index in [-0.39, 0.29) is 67.1 Å². The van der Waals surface area contributed by atoms with Crippen LogP contribution in [0.5, 0.6) is 23.0 Å². The molecule has 0 bridgehead atoms. The van der Waals surface area contributed by atoms with Gasteiger partial charge in [0.15, 0.2) is 0 Å². The van der Waals surface area contributed by atoms with Gasteiger partial charge in [0.2, 0.25) is 54.4 Å². The number of hydrogen-bond acceptors (Lipinski definition) is 20. The molecule has 12 aromatic rings. The third-order valence-corrected chi connectivity index (χ3v) is 25.9. The van der Waals surface area contributed by atoms with Gasteiger partial charge in [-0.2, -0.15) is 24.8 Å². The van der Waals surface area contributed by atoms with Crippen molar-refractivity contribution in [2.45, 2.75) is 66.8 Å². The summed E-state index contributed by atoms with van der Waals surface area (Å²) in [6.07, 6.45) is 14.4. The van der Waals surface area contributed by atoms with Crippen molar-refractivity contribution in [2.24, 2.45) is 0 Å². The Balaban J connectivity index is 0.000000148. The number of amides is 4. The van der Waals surface area contributed by atoms with E-state index >= 15 is 0 Å². The number of piperazine rings is 4. The molecule has 4 aliphatic heterocycles. The van der Waals surface area contributed by atoms with Gasteiger partial charge in [-0.1, -0.05) is 98.7 Å². The Morgan fingerprint density at radius 3 is 1.10 bits per heavy atom. The molecule has 0 radical (unpaired) electrons. The molecule has 680 valence electrons. The van der Waals surface area contributed by atoms with Gasteiger partial charge in [-0.05, 0) is 120 Å². The summed E-state index contributed by atoms with van der Waals surface area (Å²) < 4.78 is 43.6. The van der Waals surface area contributed by atoms with Crippen LogP contribution >= 0.6 is 92.8 Å². The fourth-order valence-corrected chi connectivity index (χ4v) is 17.1. The normalized spacial score (nSPS) is 14.5. The number of carbonyl (C=O) groups is 4. The molecular formula is C91H95Cl8FN20O10+2. The number of halogens is 9. The molecule has 2 N–H and O–H groups in total. The van der Waals surface area contributed by atoms with Crippen molar-refractivity contribution in [2.75, 3.05) is 146 Å². The average Bonchev–Trinajstić information content (AvgIpc) is 1.63. The lowest BCUT2D eigenvalue weighted by molar-refractivity contribution is -0.904. The third kappa shape index (κ3) is 22.4. The number of benzene rings is 4. The summed E-state index contributed by atoms with van der Waals surface area (Å²) >= 11 is 50.4. The van der Waals surface area contributed by atoms with E-state index in [1.807, 2.05) is 115 Å². The van der Waals surface area contributed by atoms with Crippen molar-refractivity contribution in [3.05, 3.63) is 233 Å². The Kier molecular flexibility index (Phi) is 31.7. The Bertz CT molecular complexity index is 6150. The van der Waals surface area contributed by atoms with Crippen LogP contribution in [-0.2, 0) is 45.4 Å². The highest BCUT2D eigenvalue weighted by Gasteiger charge is 2.33. The van der Waals surface area contributed by atoms with Crippen LogP contribution in [0.15, 0.2) is 159 Å². The Hall–Kier alpha value is -12.0. The second-order valence-corrected chi connectivity index (χ2v) is 33.9. The molecule has 4 aromatic carbocycles. The third-order valence-electron chi connectivity index (χ3n) is 22.8. The minimum Gasteiger partial charge on any atom is -0.495 e. The number of methoxy groups -OCH3 is 4. The molecule has 12 heterocycles. The molecule has 130 heavy (non-hydrogen) atoms. The molecule has 30 nitrogen and oxygen atoms in total. The second-order valence-electron chi connectivity index (χ2n) is 30.7. The molecule has 4 fully saturated rings. The summed E-state index contributed by atoms with van der Waals surface area (Å²) in [4.78, 5) is 76.0. The molecule has 0 aliphatic carbocycles. The molecular weight excluding hydrogens is 1840 g/mol. The predicted molar refractivity (Wildman–Crippen MR) is 500 cm³/mol. The number of terminal acetylenes is 1. The van der Waals surface area contributed by atoms with E-state index in [0.29, 0.717) is 212 Å². The molecule has 4 amide bonds. The first-order valence-electron chi connectivity index (χ1n) is 41.3. The van der Waals surface area contributed by atoms with Gasteiger partial charge in [-0.3, -0.25) is 48.3 Å². The van der Waals surface area contributed by atoms with Crippen molar-refractivity contribution in [1.82, 2.24) is 68.7 Å². The highest BCUT2D eigenvalue weighted by Crippen LogP contribution is 2.39. The van der Waals surface area contributed by atoms with Crippen LogP contribution in [0.1, 0.15) is 35.4 Å². The minimum absolute atomic E-state index is 0.00189. The largest absolute Gasteiger partial charge is 0.495 e. The maximum Gasteiger partial charge on any atom is 0.244 e. The summed E-state index contributed by atoms with van der Waals surface area (Å²) in [7, 11) is 6.37. The topological polar surface area (TPSA) is 276 Å².